The van der Waals surface area contributed by atoms with E-state index in [9.17, 15) is 14.7 Å². The van der Waals surface area contributed by atoms with E-state index in [-0.39, 0.29) is 12.3 Å². The van der Waals surface area contributed by atoms with Gasteiger partial charge in [-0.05, 0) is 35.6 Å². The van der Waals surface area contributed by atoms with Gasteiger partial charge in [0.2, 0.25) is 0 Å². The molecule has 1 heterocycles. The van der Waals surface area contributed by atoms with E-state index < -0.39 is 12.0 Å². The third-order valence-electron chi connectivity index (χ3n) is 3.18. The van der Waals surface area contributed by atoms with Crippen LogP contribution in [0.3, 0.4) is 0 Å². The van der Waals surface area contributed by atoms with Crippen molar-refractivity contribution in [2.24, 2.45) is 0 Å². The lowest BCUT2D eigenvalue weighted by Gasteiger charge is -2.20. The van der Waals surface area contributed by atoms with Crippen molar-refractivity contribution >= 4 is 23.2 Å². The summed E-state index contributed by atoms with van der Waals surface area (Å²) in [4.78, 5) is 23.7. The zero-order valence-corrected chi connectivity index (χ0v) is 13.6. The van der Waals surface area contributed by atoms with Gasteiger partial charge in [-0.1, -0.05) is 25.1 Å². The molecule has 1 aromatic heterocycles. The Bertz CT molecular complexity index is 637. The lowest BCUT2D eigenvalue weighted by Crippen LogP contribution is -2.33. The summed E-state index contributed by atoms with van der Waals surface area (Å²) in [6.45, 7) is 2.64. The number of aliphatic carboxylic acids is 1. The number of benzene rings is 1. The molecule has 0 spiro atoms. The molecule has 5 nitrogen and oxygen atoms in total. The van der Waals surface area contributed by atoms with Crippen molar-refractivity contribution in [2.45, 2.75) is 25.8 Å². The average Bonchev–Trinajstić information content (AvgIpc) is 3.07. The van der Waals surface area contributed by atoms with Crippen molar-refractivity contribution in [3.63, 3.8) is 0 Å². The Balaban J connectivity index is 2.11. The van der Waals surface area contributed by atoms with Crippen LogP contribution in [0.25, 0.3) is 0 Å². The second-order valence-electron chi connectivity index (χ2n) is 5.00. The van der Waals surface area contributed by atoms with E-state index in [1.165, 1.54) is 11.3 Å². The number of hydrogen-bond acceptors (Lipinski definition) is 5. The van der Waals surface area contributed by atoms with Gasteiger partial charge in [0.05, 0.1) is 17.5 Å². The highest BCUT2D eigenvalue weighted by Gasteiger charge is 2.17. The van der Waals surface area contributed by atoms with Gasteiger partial charge in [0.15, 0.2) is 0 Å². The molecule has 23 heavy (non-hydrogen) atoms. The second kappa shape index (κ2) is 8.33. The van der Waals surface area contributed by atoms with E-state index in [0.717, 1.165) is 6.42 Å². The average molecular weight is 332 g/mol. The molecule has 2 rings (SSSR count). The van der Waals surface area contributed by atoms with E-state index in [1.807, 2.05) is 6.92 Å². The van der Waals surface area contributed by atoms with Crippen molar-refractivity contribution in [1.29, 1.82) is 0 Å². The van der Waals surface area contributed by atoms with Crippen molar-refractivity contribution in [2.75, 3.05) is 6.61 Å². The standard InChI is InChI=1S/C17H19NO4S/c1-2-9-22-13-7-5-12(6-8-13)14(11-16(19)20)18-17(21)15-4-3-10-23-15/h3-8,10,14H,2,9,11H2,1H3,(H,18,21)(H,19,20)/p-1. The Morgan fingerprint density at radius 3 is 2.57 bits per heavy atom. The number of hydrogen-bond donors (Lipinski definition) is 1. The van der Waals surface area contributed by atoms with Gasteiger partial charge in [-0.2, -0.15) is 0 Å². The van der Waals surface area contributed by atoms with E-state index in [1.54, 1.807) is 41.8 Å². The van der Waals surface area contributed by atoms with Gasteiger partial charge in [0.25, 0.3) is 5.91 Å². The predicted octanol–water partition coefficient (Wildman–Crippen LogP) is 2.15. The first-order valence-corrected chi connectivity index (χ1v) is 8.25. The smallest absolute Gasteiger partial charge is 0.261 e. The highest BCUT2D eigenvalue weighted by molar-refractivity contribution is 7.12. The summed E-state index contributed by atoms with van der Waals surface area (Å²) in [5.74, 6) is -0.794. The number of carboxylic acids is 1. The largest absolute Gasteiger partial charge is 0.550 e. The molecular formula is C17H18NO4S-. The van der Waals surface area contributed by atoms with Crippen LogP contribution in [0.4, 0.5) is 0 Å². The molecule has 1 unspecified atom stereocenters. The SMILES string of the molecule is CCCOc1ccc(C(CC(=O)[O-])NC(=O)c2cccs2)cc1. The van der Waals surface area contributed by atoms with Crippen molar-refractivity contribution in [3.05, 3.63) is 52.2 Å². The fourth-order valence-electron chi connectivity index (χ4n) is 2.07. The van der Waals surface area contributed by atoms with Crippen LogP contribution in [0.5, 0.6) is 5.75 Å². The Hall–Kier alpha value is -2.34. The number of thiophene rings is 1. The quantitative estimate of drug-likeness (QED) is 0.803. The summed E-state index contributed by atoms with van der Waals surface area (Å²) in [7, 11) is 0. The normalized spacial score (nSPS) is 11.7. The minimum atomic E-state index is -1.22. The fourth-order valence-corrected chi connectivity index (χ4v) is 2.70. The summed E-state index contributed by atoms with van der Waals surface area (Å²) >= 11 is 1.30. The number of ether oxygens (including phenoxy) is 1. The van der Waals surface area contributed by atoms with Crippen LogP contribution in [0.2, 0.25) is 0 Å². The number of carboxylic acid groups (broad SMARTS) is 1. The van der Waals surface area contributed by atoms with Crippen LogP contribution >= 0.6 is 11.3 Å². The van der Waals surface area contributed by atoms with Crippen LogP contribution in [-0.4, -0.2) is 18.5 Å². The first kappa shape index (κ1) is 17.0. The maximum atomic E-state index is 12.1. The molecule has 0 radical (unpaired) electrons. The summed E-state index contributed by atoms with van der Waals surface area (Å²) < 4.78 is 5.50. The number of rotatable bonds is 8. The van der Waals surface area contributed by atoms with E-state index in [2.05, 4.69) is 5.32 Å². The Labute approximate surface area is 138 Å². The maximum Gasteiger partial charge on any atom is 0.261 e. The zero-order valence-electron chi connectivity index (χ0n) is 12.8. The Kier molecular flexibility index (Phi) is 6.17. The van der Waals surface area contributed by atoms with E-state index >= 15 is 0 Å². The maximum absolute atomic E-state index is 12.1. The van der Waals surface area contributed by atoms with Gasteiger partial charge in [0, 0.05) is 12.4 Å². The molecule has 0 saturated heterocycles. The first-order valence-electron chi connectivity index (χ1n) is 7.37. The van der Waals surface area contributed by atoms with Crippen LogP contribution in [-0.2, 0) is 4.79 Å². The van der Waals surface area contributed by atoms with E-state index in [0.29, 0.717) is 22.8 Å². The molecule has 0 aliphatic carbocycles. The molecule has 6 heteroatoms. The van der Waals surface area contributed by atoms with Crippen LogP contribution in [0.1, 0.15) is 41.0 Å². The van der Waals surface area contributed by atoms with Crippen LogP contribution < -0.4 is 15.2 Å². The third kappa shape index (κ3) is 5.10. The van der Waals surface area contributed by atoms with Gasteiger partial charge in [-0.3, -0.25) is 4.79 Å². The highest BCUT2D eigenvalue weighted by atomic mass is 32.1. The summed E-state index contributed by atoms with van der Waals surface area (Å²) in [6, 6.07) is 9.87. The van der Waals surface area contributed by atoms with Crippen LogP contribution in [0.15, 0.2) is 41.8 Å². The Morgan fingerprint density at radius 1 is 1.26 bits per heavy atom. The lowest BCUT2D eigenvalue weighted by atomic mass is 10.0. The molecule has 0 fully saturated rings. The van der Waals surface area contributed by atoms with Gasteiger partial charge >= 0.3 is 0 Å². The van der Waals surface area contributed by atoms with Gasteiger partial charge in [-0.25, -0.2) is 0 Å². The number of amides is 1. The molecule has 0 bridgehead atoms. The van der Waals surface area contributed by atoms with Gasteiger partial charge < -0.3 is 20.0 Å². The topological polar surface area (TPSA) is 78.5 Å². The van der Waals surface area contributed by atoms with Crippen molar-refractivity contribution in [3.8, 4) is 5.75 Å². The monoisotopic (exact) mass is 332 g/mol. The van der Waals surface area contributed by atoms with E-state index in [4.69, 9.17) is 4.74 Å². The molecule has 1 atom stereocenters. The molecular weight excluding hydrogens is 314 g/mol. The minimum absolute atomic E-state index is 0.285. The number of carbonyl (C=O) groups excluding carboxylic acids is 2. The molecule has 122 valence electrons. The number of nitrogens with one attached hydrogen (secondary N) is 1. The first-order chi connectivity index (χ1) is 11.1. The molecule has 2 aromatic rings. The molecule has 1 N–H and O–H groups in total. The molecule has 0 saturated carbocycles. The summed E-state index contributed by atoms with van der Waals surface area (Å²) in [5, 5.41) is 15.5. The fraction of sp³-hybridized carbons (Fsp3) is 0.294. The zero-order chi connectivity index (χ0) is 16.7. The van der Waals surface area contributed by atoms with Crippen molar-refractivity contribution < 1.29 is 19.4 Å². The van der Waals surface area contributed by atoms with Crippen molar-refractivity contribution in [1.82, 2.24) is 5.32 Å². The second-order valence-corrected chi connectivity index (χ2v) is 5.94. The van der Waals surface area contributed by atoms with Gasteiger partial charge in [-0.15, -0.1) is 11.3 Å². The highest BCUT2D eigenvalue weighted by Crippen LogP contribution is 2.21. The minimum Gasteiger partial charge on any atom is -0.550 e. The molecule has 1 aromatic carbocycles. The third-order valence-corrected chi connectivity index (χ3v) is 4.05. The summed E-state index contributed by atoms with van der Waals surface area (Å²) in [5.41, 5.74) is 0.697. The summed E-state index contributed by atoms with van der Waals surface area (Å²) in [6.07, 6.45) is 0.623. The molecule has 1 amide bonds. The van der Waals surface area contributed by atoms with Gasteiger partial charge in [0.1, 0.15) is 5.75 Å². The Morgan fingerprint density at radius 2 is 2.00 bits per heavy atom. The predicted molar refractivity (Wildman–Crippen MR) is 86.4 cm³/mol. The van der Waals surface area contributed by atoms with Crippen LogP contribution in [0, 0.1) is 0 Å². The number of carbonyl (C=O) groups is 2. The molecule has 0 aliphatic rings. The lowest BCUT2D eigenvalue weighted by molar-refractivity contribution is -0.306. The molecule has 0 aliphatic heterocycles.